The fraction of sp³-hybridized carbons (Fsp3) is 0.0714. The Hall–Kier alpha value is -3.46. The SMILES string of the molecule is N#Cc1c(N)[nH]c(=O)c(C#N)c1-c1cccc(F)c1OC(F)F. The van der Waals surface area contributed by atoms with Gasteiger partial charge < -0.3 is 15.5 Å². The minimum absolute atomic E-state index is 0.351. The molecule has 0 saturated heterocycles. The summed E-state index contributed by atoms with van der Waals surface area (Å²) in [5.41, 5.74) is 2.93. The third kappa shape index (κ3) is 2.80. The summed E-state index contributed by atoms with van der Waals surface area (Å²) in [6.07, 6.45) is 0. The molecule has 1 aromatic heterocycles. The van der Waals surface area contributed by atoms with Crippen molar-refractivity contribution in [2.45, 2.75) is 6.61 Å². The number of aromatic nitrogens is 1. The second kappa shape index (κ2) is 6.12. The van der Waals surface area contributed by atoms with Crippen molar-refractivity contribution in [3.05, 3.63) is 45.5 Å². The molecule has 116 valence electrons. The molecule has 0 unspecified atom stereocenters. The number of benzene rings is 1. The van der Waals surface area contributed by atoms with Crippen LogP contribution in [0, 0.1) is 28.5 Å². The number of halogens is 3. The first-order chi connectivity index (χ1) is 10.9. The second-order valence-corrected chi connectivity index (χ2v) is 4.21. The quantitative estimate of drug-likeness (QED) is 0.898. The minimum atomic E-state index is -3.35. The van der Waals surface area contributed by atoms with Crippen molar-refractivity contribution in [1.29, 1.82) is 10.5 Å². The minimum Gasteiger partial charge on any atom is -0.431 e. The number of alkyl halides is 2. The Morgan fingerprint density at radius 3 is 2.43 bits per heavy atom. The van der Waals surface area contributed by atoms with E-state index in [1.54, 1.807) is 12.1 Å². The first-order valence-corrected chi connectivity index (χ1v) is 6.00. The summed E-state index contributed by atoms with van der Waals surface area (Å²) in [5, 5.41) is 18.3. The van der Waals surface area contributed by atoms with Crippen molar-refractivity contribution in [2.75, 3.05) is 5.73 Å². The highest BCUT2D eigenvalue weighted by Crippen LogP contribution is 2.37. The van der Waals surface area contributed by atoms with Gasteiger partial charge in [0.1, 0.15) is 29.1 Å². The van der Waals surface area contributed by atoms with Gasteiger partial charge in [-0.15, -0.1) is 0 Å². The van der Waals surface area contributed by atoms with Crippen LogP contribution < -0.4 is 16.0 Å². The lowest BCUT2D eigenvalue weighted by atomic mass is 9.96. The van der Waals surface area contributed by atoms with E-state index >= 15 is 0 Å². The first kappa shape index (κ1) is 15.9. The maximum absolute atomic E-state index is 13.8. The van der Waals surface area contributed by atoms with Crippen LogP contribution >= 0.6 is 0 Å². The molecule has 0 aliphatic carbocycles. The molecule has 6 nitrogen and oxygen atoms in total. The van der Waals surface area contributed by atoms with Gasteiger partial charge >= 0.3 is 6.61 Å². The van der Waals surface area contributed by atoms with Crippen LogP contribution in [0.5, 0.6) is 5.75 Å². The van der Waals surface area contributed by atoms with Gasteiger partial charge in [-0.25, -0.2) is 4.39 Å². The van der Waals surface area contributed by atoms with E-state index < -0.39 is 29.3 Å². The first-order valence-electron chi connectivity index (χ1n) is 6.00. The van der Waals surface area contributed by atoms with E-state index in [0.29, 0.717) is 0 Å². The zero-order valence-electron chi connectivity index (χ0n) is 11.2. The molecule has 0 spiro atoms. The Morgan fingerprint density at radius 2 is 1.87 bits per heavy atom. The third-order valence-corrected chi connectivity index (χ3v) is 2.91. The molecule has 9 heteroatoms. The summed E-state index contributed by atoms with van der Waals surface area (Å²) in [7, 11) is 0. The van der Waals surface area contributed by atoms with E-state index in [4.69, 9.17) is 16.3 Å². The van der Waals surface area contributed by atoms with E-state index in [0.717, 1.165) is 18.2 Å². The monoisotopic (exact) mass is 320 g/mol. The Bertz CT molecular complexity index is 910. The van der Waals surface area contributed by atoms with Crippen molar-refractivity contribution in [3.8, 4) is 29.0 Å². The summed E-state index contributed by atoms with van der Waals surface area (Å²) < 4.78 is 43.0. The fourth-order valence-electron chi connectivity index (χ4n) is 2.03. The predicted molar refractivity (Wildman–Crippen MR) is 72.9 cm³/mol. The smallest absolute Gasteiger partial charge is 0.387 e. The Labute approximate surface area is 127 Å². The topological polar surface area (TPSA) is 116 Å². The van der Waals surface area contributed by atoms with Crippen LogP contribution in [0.4, 0.5) is 19.0 Å². The normalized spacial score (nSPS) is 10.2. The van der Waals surface area contributed by atoms with Crippen molar-refractivity contribution in [3.63, 3.8) is 0 Å². The molecule has 2 rings (SSSR count). The van der Waals surface area contributed by atoms with Gasteiger partial charge in [-0.2, -0.15) is 19.3 Å². The number of hydrogen-bond acceptors (Lipinski definition) is 5. The second-order valence-electron chi connectivity index (χ2n) is 4.21. The number of nitrogens with one attached hydrogen (secondary N) is 1. The van der Waals surface area contributed by atoms with Crippen molar-refractivity contribution >= 4 is 5.82 Å². The highest BCUT2D eigenvalue weighted by atomic mass is 19.3. The number of H-pyrrole nitrogens is 1. The number of hydrogen-bond donors (Lipinski definition) is 2. The standard InChI is InChI=1S/C14H7F3N4O2/c15-9-3-1-2-6(11(9)23-14(16)17)10-7(4-18)12(20)21-13(22)8(10)5-19/h1-3,14H,(H3,20,21,22). The number of rotatable bonds is 3. The summed E-state index contributed by atoms with van der Waals surface area (Å²) >= 11 is 0. The van der Waals surface area contributed by atoms with Crippen LogP contribution in [0.15, 0.2) is 23.0 Å². The fourth-order valence-corrected chi connectivity index (χ4v) is 2.03. The van der Waals surface area contributed by atoms with Crippen molar-refractivity contribution < 1.29 is 17.9 Å². The van der Waals surface area contributed by atoms with Crippen molar-refractivity contribution in [1.82, 2.24) is 4.98 Å². The number of aromatic amines is 1. The van der Waals surface area contributed by atoms with Crippen LogP contribution in [0.1, 0.15) is 11.1 Å². The van der Waals surface area contributed by atoms with Gasteiger partial charge in [0.25, 0.3) is 5.56 Å². The van der Waals surface area contributed by atoms with Gasteiger partial charge in [-0.1, -0.05) is 12.1 Å². The lowest BCUT2D eigenvalue weighted by molar-refractivity contribution is -0.0517. The molecule has 0 radical (unpaired) electrons. The average molecular weight is 320 g/mol. The van der Waals surface area contributed by atoms with Gasteiger partial charge in [0.2, 0.25) is 0 Å². The number of nitrogen functional groups attached to an aromatic ring is 1. The van der Waals surface area contributed by atoms with E-state index in [2.05, 4.69) is 9.72 Å². The number of nitrogens with zero attached hydrogens (tertiary/aromatic N) is 2. The van der Waals surface area contributed by atoms with E-state index in [9.17, 15) is 18.0 Å². The van der Waals surface area contributed by atoms with Gasteiger partial charge in [-0.3, -0.25) is 4.79 Å². The maximum Gasteiger partial charge on any atom is 0.387 e. The Morgan fingerprint density at radius 1 is 1.22 bits per heavy atom. The number of ether oxygens (including phenoxy) is 1. The molecular weight excluding hydrogens is 313 g/mol. The van der Waals surface area contributed by atoms with E-state index in [-0.39, 0.29) is 22.5 Å². The molecule has 0 bridgehead atoms. The zero-order valence-corrected chi connectivity index (χ0v) is 11.2. The van der Waals surface area contributed by atoms with Crippen LogP contribution in [0.3, 0.4) is 0 Å². The molecule has 0 aliphatic heterocycles. The summed E-state index contributed by atoms with van der Waals surface area (Å²) in [5.74, 6) is -2.41. The Balaban J connectivity index is 2.94. The number of nitrogens with two attached hydrogens (primary N) is 1. The molecule has 0 aliphatic rings. The van der Waals surface area contributed by atoms with Gasteiger partial charge in [0.05, 0.1) is 0 Å². The van der Waals surface area contributed by atoms with E-state index in [1.165, 1.54) is 0 Å². The summed E-state index contributed by atoms with van der Waals surface area (Å²) in [6, 6.07) is 6.35. The summed E-state index contributed by atoms with van der Waals surface area (Å²) in [6.45, 7) is -3.35. The average Bonchev–Trinajstić information content (AvgIpc) is 2.48. The van der Waals surface area contributed by atoms with Crippen LogP contribution in [0.2, 0.25) is 0 Å². The van der Waals surface area contributed by atoms with E-state index in [1.807, 2.05) is 0 Å². The molecule has 0 fully saturated rings. The third-order valence-electron chi connectivity index (χ3n) is 2.91. The molecule has 0 saturated carbocycles. The van der Waals surface area contributed by atoms with Crippen molar-refractivity contribution in [2.24, 2.45) is 0 Å². The molecular formula is C14H7F3N4O2. The highest BCUT2D eigenvalue weighted by molar-refractivity contribution is 5.83. The molecule has 23 heavy (non-hydrogen) atoms. The molecule has 1 aromatic carbocycles. The molecule has 0 atom stereocenters. The molecule has 3 N–H and O–H groups in total. The number of anilines is 1. The molecule has 1 heterocycles. The van der Waals surface area contributed by atoms with Crippen LogP contribution in [-0.4, -0.2) is 11.6 Å². The Kier molecular flexibility index (Phi) is 4.23. The lowest BCUT2D eigenvalue weighted by Gasteiger charge is -2.14. The highest BCUT2D eigenvalue weighted by Gasteiger charge is 2.24. The number of para-hydroxylation sites is 1. The molecule has 0 amide bonds. The number of nitriles is 2. The number of pyridine rings is 1. The summed E-state index contributed by atoms with van der Waals surface area (Å²) in [4.78, 5) is 13.9. The van der Waals surface area contributed by atoms with Gasteiger partial charge in [0.15, 0.2) is 11.6 Å². The van der Waals surface area contributed by atoms with Crippen LogP contribution in [0.25, 0.3) is 11.1 Å². The van der Waals surface area contributed by atoms with Gasteiger partial charge in [0, 0.05) is 11.1 Å². The lowest BCUT2D eigenvalue weighted by Crippen LogP contribution is -2.17. The molecule has 2 aromatic rings. The van der Waals surface area contributed by atoms with Crippen LogP contribution in [-0.2, 0) is 0 Å². The van der Waals surface area contributed by atoms with Gasteiger partial charge in [-0.05, 0) is 6.07 Å². The zero-order chi connectivity index (χ0) is 17.1. The maximum atomic E-state index is 13.8. The largest absolute Gasteiger partial charge is 0.431 e. The predicted octanol–water partition coefficient (Wildman–Crippen LogP) is 2.11.